The van der Waals surface area contributed by atoms with Crippen molar-refractivity contribution in [3.05, 3.63) is 34.4 Å². The molecule has 0 saturated carbocycles. The second-order valence-electron chi connectivity index (χ2n) is 5.40. The van der Waals surface area contributed by atoms with Crippen molar-refractivity contribution in [1.29, 1.82) is 0 Å². The number of benzene rings is 1. The van der Waals surface area contributed by atoms with Crippen molar-refractivity contribution in [2.75, 3.05) is 0 Å². The van der Waals surface area contributed by atoms with Crippen LogP contribution in [0.15, 0.2) is 17.3 Å². The Kier molecular flexibility index (Phi) is 4.76. The van der Waals surface area contributed by atoms with E-state index in [-0.39, 0.29) is 11.7 Å². The van der Waals surface area contributed by atoms with Crippen molar-refractivity contribution >= 4 is 11.7 Å². The standard InChI is InChI=1S/C15H23N3O2/c1-6-15(5,14(16)18-20)17-13(19)12-10(3)7-9(2)8-11(12)4/h7-8,20H,6H2,1-5H3,(H2,16,18)(H,17,19). The normalized spacial score (nSPS) is 14.8. The van der Waals surface area contributed by atoms with Crippen LogP contribution in [0.5, 0.6) is 0 Å². The first kappa shape index (κ1) is 16.0. The maximum absolute atomic E-state index is 12.5. The van der Waals surface area contributed by atoms with E-state index < -0.39 is 5.54 Å². The van der Waals surface area contributed by atoms with E-state index in [1.54, 1.807) is 6.92 Å². The molecule has 0 fully saturated rings. The third-order valence-corrected chi connectivity index (χ3v) is 3.67. The summed E-state index contributed by atoms with van der Waals surface area (Å²) in [5.74, 6) is -0.216. The fourth-order valence-corrected chi connectivity index (χ4v) is 2.30. The minimum Gasteiger partial charge on any atom is -0.409 e. The Morgan fingerprint density at radius 1 is 1.35 bits per heavy atom. The van der Waals surface area contributed by atoms with E-state index in [0.29, 0.717) is 12.0 Å². The van der Waals surface area contributed by atoms with Gasteiger partial charge in [-0.25, -0.2) is 0 Å². The average molecular weight is 277 g/mol. The quantitative estimate of drug-likeness (QED) is 0.341. The summed E-state index contributed by atoms with van der Waals surface area (Å²) in [4.78, 5) is 12.5. The molecule has 20 heavy (non-hydrogen) atoms. The predicted octanol–water partition coefficient (Wildman–Crippen LogP) is 2.26. The largest absolute Gasteiger partial charge is 0.409 e. The lowest BCUT2D eigenvalue weighted by Crippen LogP contribution is -2.55. The Labute approximate surface area is 119 Å². The Hall–Kier alpha value is -2.04. The summed E-state index contributed by atoms with van der Waals surface area (Å²) in [5.41, 5.74) is 8.39. The molecule has 0 heterocycles. The lowest BCUT2D eigenvalue weighted by Gasteiger charge is -2.28. The zero-order valence-corrected chi connectivity index (χ0v) is 12.7. The molecule has 0 aromatic heterocycles. The van der Waals surface area contributed by atoms with Gasteiger partial charge >= 0.3 is 0 Å². The molecule has 1 unspecified atom stereocenters. The molecule has 0 saturated heterocycles. The molecule has 0 bridgehead atoms. The van der Waals surface area contributed by atoms with Gasteiger partial charge in [0.15, 0.2) is 5.84 Å². The van der Waals surface area contributed by atoms with Gasteiger partial charge < -0.3 is 16.3 Å². The van der Waals surface area contributed by atoms with E-state index in [1.165, 1.54) is 0 Å². The monoisotopic (exact) mass is 277 g/mol. The van der Waals surface area contributed by atoms with Gasteiger partial charge in [-0.05, 0) is 45.2 Å². The first-order valence-corrected chi connectivity index (χ1v) is 6.63. The number of oxime groups is 1. The molecule has 5 heteroatoms. The van der Waals surface area contributed by atoms with Gasteiger partial charge in [0.25, 0.3) is 5.91 Å². The van der Waals surface area contributed by atoms with Crippen molar-refractivity contribution in [2.45, 2.75) is 46.6 Å². The van der Waals surface area contributed by atoms with Crippen LogP contribution in [0.3, 0.4) is 0 Å². The molecule has 0 aliphatic heterocycles. The highest BCUT2D eigenvalue weighted by Crippen LogP contribution is 2.18. The molecule has 1 rings (SSSR count). The molecule has 110 valence electrons. The second-order valence-corrected chi connectivity index (χ2v) is 5.40. The van der Waals surface area contributed by atoms with Crippen LogP contribution in [0.2, 0.25) is 0 Å². The van der Waals surface area contributed by atoms with Gasteiger partial charge in [-0.1, -0.05) is 29.8 Å². The third-order valence-electron chi connectivity index (χ3n) is 3.67. The van der Waals surface area contributed by atoms with E-state index in [2.05, 4.69) is 10.5 Å². The average Bonchev–Trinajstić information content (AvgIpc) is 2.36. The summed E-state index contributed by atoms with van der Waals surface area (Å²) in [6.45, 7) is 9.41. The van der Waals surface area contributed by atoms with Crippen molar-refractivity contribution in [3.63, 3.8) is 0 Å². The zero-order valence-electron chi connectivity index (χ0n) is 12.7. The molecule has 1 aromatic carbocycles. The summed E-state index contributed by atoms with van der Waals surface area (Å²) in [6.07, 6.45) is 0.526. The number of carbonyl (C=O) groups excluding carboxylic acids is 1. The highest BCUT2D eigenvalue weighted by atomic mass is 16.4. The van der Waals surface area contributed by atoms with Crippen LogP contribution in [-0.4, -0.2) is 22.5 Å². The Morgan fingerprint density at radius 2 is 1.85 bits per heavy atom. The summed E-state index contributed by atoms with van der Waals surface area (Å²) >= 11 is 0. The molecular formula is C15H23N3O2. The van der Waals surface area contributed by atoms with Gasteiger partial charge in [-0.3, -0.25) is 4.79 Å². The topological polar surface area (TPSA) is 87.7 Å². The zero-order chi connectivity index (χ0) is 15.5. The number of nitrogens with one attached hydrogen (secondary N) is 1. The molecule has 0 radical (unpaired) electrons. The van der Waals surface area contributed by atoms with E-state index >= 15 is 0 Å². The van der Waals surface area contributed by atoms with Crippen molar-refractivity contribution in [2.24, 2.45) is 10.9 Å². The number of hydrogen-bond donors (Lipinski definition) is 3. The van der Waals surface area contributed by atoms with Crippen LogP contribution in [0, 0.1) is 20.8 Å². The van der Waals surface area contributed by atoms with Gasteiger partial charge in [0.1, 0.15) is 0 Å². The molecule has 0 spiro atoms. The van der Waals surface area contributed by atoms with Crippen LogP contribution in [0.4, 0.5) is 0 Å². The third kappa shape index (κ3) is 3.10. The van der Waals surface area contributed by atoms with E-state index in [4.69, 9.17) is 10.9 Å². The van der Waals surface area contributed by atoms with Crippen molar-refractivity contribution < 1.29 is 10.0 Å². The van der Waals surface area contributed by atoms with Crippen molar-refractivity contribution in [1.82, 2.24) is 5.32 Å². The van der Waals surface area contributed by atoms with Crippen LogP contribution < -0.4 is 11.1 Å². The Bertz CT molecular complexity index is 529. The maximum atomic E-state index is 12.5. The van der Waals surface area contributed by atoms with Crippen LogP contribution >= 0.6 is 0 Å². The number of aryl methyl sites for hydroxylation is 3. The summed E-state index contributed by atoms with van der Waals surface area (Å²) in [6, 6.07) is 3.93. The highest BCUT2D eigenvalue weighted by Gasteiger charge is 2.30. The molecule has 0 aliphatic carbocycles. The highest BCUT2D eigenvalue weighted by molar-refractivity contribution is 6.01. The fraction of sp³-hybridized carbons (Fsp3) is 0.467. The molecule has 0 aliphatic rings. The van der Waals surface area contributed by atoms with Crippen LogP contribution in [0.1, 0.15) is 47.3 Å². The first-order valence-electron chi connectivity index (χ1n) is 6.63. The molecule has 4 N–H and O–H groups in total. The van der Waals surface area contributed by atoms with E-state index in [9.17, 15) is 4.79 Å². The molecule has 1 aromatic rings. The van der Waals surface area contributed by atoms with Crippen molar-refractivity contribution in [3.8, 4) is 0 Å². The minimum absolute atomic E-state index is 0.00392. The number of nitrogens with two attached hydrogens (primary N) is 1. The van der Waals surface area contributed by atoms with Gasteiger partial charge in [0.2, 0.25) is 0 Å². The number of amidine groups is 1. The number of carbonyl (C=O) groups is 1. The van der Waals surface area contributed by atoms with E-state index in [1.807, 2.05) is 39.8 Å². The smallest absolute Gasteiger partial charge is 0.252 e. The molecular weight excluding hydrogens is 254 g/mol. The Morgan fingerprint density at radius 3 is 2.25 bits per heavy atom. The predicted molar refractivity (Wildman–Crippen MR) is 80.2 cm³/mol. The Balaban J connectivity index is 3.15. The SMILES string of the molecule is CCC(C)(NC(=O)c1c(C)cc(C)cc1C)/C(N)=N/O. The molecule has 1 atom stereocenters. The maximum Gasteiger partial charge on any atom is 0.252 e. The molecule has 5 nitrogen and oxygen atoms in total. The summed E-state index contributed by atoms with van der Waals surface area (Å²) in [5, 5.41) is 14.7. The van der Waals surface area contributed by atoms with Crippen LogP contribution in [0.25, 0.3) is 0 Å². The van der Waals surface area contributed by atoms with Gasteiger partial charge in [0.05, 0.1) is 5.54 Å². The van der Waals surface area contributed by atoms with Gasteiger partial charge in [-0.15, -0.1) is 0 Å². The lowest BCUT2D eigenvalue weighted by atomic mass is 9.94. The first-order chi connectivity index (χ1) is 9.25. The van der Waals surface area contributed by atoms with Gasteiger partial charge in [-0.2, -0.15) is 0 Å². The fourth-order valence-electron chi connectivity index (χ4n) is 2.30. The number of rotatable bonds is 4. The summed E-state index contributed by atoms with van der Waals surface area (Å²) in [7, 11) is 0. The van der Waals surface area contributed by atoms with Gasteiger partial charge in [0, 0.05) is 5.56 Å². The van der Waals surface area contributed by atoms with E-state index in [0.717, 1.165) is 16.7 Å². The molecule has 1 amide bonds. The number of amides is 1. The number of hydrogen-bond acceptors (Lipinski definition) is 3. The number of nitrogens with zero attached hydrogens (tertiary/aromatic N) is 1. The lowest BCUT2D eigenvalue weighted by molar-refractivity contribution is 0.0923. The second kappa shape index (κ2) is 5.94. The van der Waals surface area contributed by atoms with Crippen LogP contribution in [-0.2, 0) is 0 Å². The summed E-state index contributed by atoms with van der Waals surface area (Å²) < 4.78 is 0. The minimum atomic E-state index is -0.865.